The van der Waals surface area contributed by atoms with Crippen molar-refractivity contribution >= 4 is 5.78 Å². The van der Waals surface area contributed by atoms with E-state index in [1.165, 1.54) is 6.92 Å². The number of rotatable bonds is 4. The molecule has 2 heteroatoms. The van der Waals surface area contributed by atoms with E-state index in [4.69, 9.17) is 5.11 Å². The van der Waals surface area contributed by atoms with Gasteiger partial charge in [-0.05, 0) is 13.3 Å². The Morgan fingerprint density at radius 3 is 2.30 bits per heavy atom. The lowest BCUT2D eigenvalue weighted by Gasteiger charge is -2.09. The second-order valence-electron chi connectivity index (χ2n) is 2.77. The zero-order valence-electron chi connectivity index (χ0n) is 6.92. The molecular formula is C8H16O2. The van der Waals surface area contributed by atoms with Crippen LogP contribution in [0.4, 0.5) is 0 Å². The van der Waals surface area contributed by atoms with E-state index in [-0.39, 0.29) is 11.7 Å². The van der Waals surface area contributed by atoms with Gasteiger partial charge in [-0.2, -0.15) is 0 Å². The lowest BCUT2D eigenvalue weighted by Crippen LogP contribution is -2.23. The van der Waals surface area contributed by atoms with Crippen LogP contribution in [0.2, 0.25) is 0 Å². The minimum Gasteiger partial charge on any atom is -0.386 e. The standard InChI is InChI=1S/C8H16O2/c1-4-5-6(2)8(10)7(3)9/h6-7,9H,4-5H2,1-3H3. The summed E-state index contributed by atoms with van der Waals surface area (Å²) < 4.78 is 0. The SMILES string of the molecule is CCCC(C)C(=O)C(C)O. The fourth-order valence-electron chi connectivity index (χ4n) is 0.987. The molecule has 0 saturated heterocycles. The molecule has 0 aromatic carbocycles. The van der Waals surface area contributed by atoms with E-state index in [1.807, 2.05) is 13.8 Å². The van der Waals surface area contributed by atoms with Gasteiger partial charge in [0.25, 0.3) is 0 Å². The van der Waals surface area contributed by atoms with Crippen molar-refractivity contribution in [1.29, 1.82) is 0 Å². The van der Waals surface area contributed by atoms with E-state index >= 15 is 0 Å². The Kier molecular flexibility index (Phi) is 4.28. The number of Topliss-reactive ketones (excluding diaryl/α,β-unsaturated/α-hetero) is 1. The summed E-state index contributed by atoms with van der Waals surface area (Å²) in [5.41, 5.74) is 0. The van der Waals surface area contributed by atoms with Crippen LogP contribution >= 0.6 is 0 Å². The minimum atomic E-state index is -0.790. The van der Waals surface area contributed by atoms with E-state index in [0.717, 1.165) is 12.8 Å². The van der Waals surface area contributed by atoms with Gasteiger partial charge in [0.2, 0.25) is 0 Å². The maximum absolute atomic E-state index is 11.0. The number of hydrogen-bond acceptors (Lipinski definition) is 2. The van der Waals surface area contributed by atoms with E-state index in [1.54, 1.807) is 0 Å². The van der Waals surface area contributed by atoms with Gasteiger partial charge in [0, 0.05) is 5.92 Å². The molecule has 0 amide bonds. The Balaban J connectivity index is 3.71. The average molecular weight is 144 g/mol. The van der Waals surface area contributed by atoms with Crippen LogP contribution in [-0.4, -0.2) is 17.0 Å². The van der Waals surface area contributed by atoms with Crippen molar-refractivity contribution in [3.05, 3.63) is 0 Å². The topological polar surface area (TPSA) is 37.3 Å². The van der Waals surface area contributed by atoms with Crippen molar-refractivity contribution in [3.63, 3.8) is 0 Å². The van der Waals surface area contributed by atoms with Crippen LogP contribution in [0.5, 0.6) is 0 Å². The average Bonchev–Trinajstić information content (AvgIpc) is 1.87. The summed E-state index contributed by atoms with van der Waals surface area (Å²) >= 11 is 0. The summed E-state index contributed by atoms with van der Waals surface area (Å²) in [7, 11) is 0. The maximum Gasteiger partial charge on any atom is 0.163 e. The zero-order valence-corrected chi connectivity index (χ0v) is 6.92. The quantitative estimate of drug-likeness (QED) is 0.647. The molecule has 2 nitrogen and oxygen atoms in total. The number of hydrogen-bond donors (Lipinski definition) is 1. The Morgan fingerprint density at radius 1 is 1.50 bits per heavy atom. The third-order valence-corrected chi connectivity index (χ3v) is 1.62. The lowest BCUT2D eigenvalue weighted by molar-refractivity contribution is -0.130. The second-order valence-corrected chi connectivity index (χ2v) is 2.77. The molecule has 2 unspecified atom stereocenters. The molecule has 0 fully saturated rings. The van der Waals surface area contributed by atoms with Crippen molar-refractivity contribution < 1.29 is 9.90 Å². The molecule has 0 aliphatic heterocycles. The predicted octanol–water partition coefficient (Wildman–Crippen LogP) is 1.37. The molecule has 2 atom stereocenters. The summed E-state index contributed by atoms with van der Waals surface area (Å²) in [5, 5.41) is 8.87. The second kappa shape index (κ2) is 4.45. The van der Waals surface area contributed by atoms with Crippen LogP contribution in [0.25, 0.3) is 0 Å². The number of ketones is 1. The number of carbonyl (C=O) groups is 1. The van der Waals surface area contributed by atoms with Gasteiger partial charge in [-0.1, -0.05) is 20.3 Å². The molecule has 0 saturated carbocycles. The number of carbonyl (C=O) groups excluding carboxylic acids is 1. The first-order valence-electron chi connectivity index (χ1n) is 3.81. The van der Waals surface area contributed by atoms with Crippen LogP contribution in [0.1, 0.15) is 33.6 Å². The highest BCUT2D eigenvalue weighted by Crippen LogP contribution is 2.08. The Hall–Kier alpha value is -0.370. The van der Waals surface area contributed by atoms with Crippen molar-refractivity contribution in [2.24, 2.45) is 5.92 Å². The van der Waals surface area contributed by atoms with Gasteiger partial charge in [-0.3, -0.25) is 4.79 Å². The predicted molar refractivity (Wildman–Crippen MR) is 40.8 cm³/mol. The van der Waals surface area contributed by atoms with Gasteiger partial charge in [0.1, 0.15) is 6.10 Å². The van der Waals surface area contributed by atoms with E-state index in [2.05, 4.69) is 0 Å². The lowest BCUT2D eigenvalue weighted by atomic mass is 9.98. The zero-order chi connectivity index (χ0) is 8.15. The van der Waals surface area contributed by atoms with E-state index in [9.17, 15) is 4.79 Å². The molecular weight excluding hydrogens is 128 g/mol. The molecule has 0 spiro atoms. The molecule has 0 aromatic rings. The van der Waals surface area contributed by atoms with Gasteiger partial charge < -0.3 is 5.11 Å². The third kappa shape index (κ3) is 2.97. The van der Waals surface area contributed by atoms with E-state index < -0.39 is 6.10 Å². The molecule has 0 rings (SSSR count). The minimum absolute atomic E-state index is 0.0185. The van der Waals surface area contributed by atoms with Gasteiger partial charge in [-0.25, -0.2) is 0 Å². The summed E-state index contributed by atoms with van der Waals surface area (Å²) in [6.45, 7) is 5.42. The fraction of sp³-hybridized carbons (Fsp3) is 0.875. The van der Waals surface area contributed by atoms with Gasteiger partial charge >= 0.3 is 0 Å². The van der Waals surface area contributed by atoms with Crippen LogP contribution in [0.15, 0.2) is 0 Å². The molecule has 60 valence electrons. The largest absolute Gasteiger partial charge is 0.386 e. The highest BCUT2D eigenvalue weighted by molar-refractivity contribution is 5.84. The Morgan fingerprint density at radius 2 is 2.00 bits per heavy atom. The van der Waals surface area contributed by atoms with Crippen molar-refractivity contribution in [1.82, 2.24) is 0 Å². The molecule has 0 heterocycles. The van der Waals surface area contributed by atoms with E-state index in [0.29, 0.717) is 0 Å². The first-order valence-corrected chi connectivity index (χ1v) is 3.81. The molecule has 10 heavy (non-hydrogen) atoms. The molecule has 1 N–H and O–H groups in total. The van der Waals surface area contributed by atoms with Crippen LogP contribution in [0, 0.1) is 5.92 Å². The molecule has 0 bridgehead atoms. The molecule has 0 radical (unpaired) electrons. The Labute approximate surface area is 62.2 Å². The van der Waals surface area contributed by atoms with Crippen molar-refractivity contribution in [3.8, 4) is 0 Å². The fourth-order valence-corrected chi connectivity index (χ4v) is 0.987. The molecule has 0 aliphatic rings. The van der Waals surface area contributed by atoms with Gasteiger partial charge in [0.15, 0.2) is 5.78 Å². The molecule has 0 aliphatic carbocycles. The molecule has 0 aromatic heterocycles. The first kappa shape index (κ1) is 9.63. The normalized spacial score (nSPS) is 16.4. The smallest absolute Gasteiger partial charge is 0.163 e. The maximum atomic E-state index is 11.0. The first-order chi connectivity index (χ1) is 4.59. The Bertz CT molecular complexity index is 108. The summed E-state index contributed by atoms with van der Waals surface area (Å²) in [4.78, 5) is 11.0. The van der Waals surface area contributed by atoms with Crippen LogP contribution < -0.4 is 0 Å². The van der Waals surface area contributed by atoms with Gasteiger partial charge in [0.05, 0.1) is 0 Å². The highest BCUT2D eigenvalue weighted by atomic mass is 16.3. The number of aliphatic hydroxyl groups is 1. The summed E-state index contributed by atoms with van der Waals surface area (Å²) in [6, 6.07) is 0. The third-order valence-electron chi connectivity index (χ3n) is 1.62. The van der Waals surface area contributed by atoms with Gasteiger partial charge in [-0.15, -0.1) is 0 Å². The van der Waals surface area contributed by atoms with Crippen LogP contribution in [0.3, 0.4) is 0 Å². The highest BCUT2D eigenvalue weighted by Gasteiger charge is 2.15. The van der Waals surface area contributed by atoms with Crippen molar-refractivity contribution in [2.45, 2.75) is 39.7 Å². The monoisotopic (exact) mass is 144 g/mol. The summed E-state index contributed by atoms with van der Waals surface area (Å²) in [5.74, 6) is -0.0214. The summed E-state index contributed by atoms with van der Waals surface area (Å²) in [6.07, 6.45) is 1.09. The number of aliphatic hydroxyl groups excluding tert-OH is 1. The van der Waals surface area contributed by atoms with Crippen molar-refractivity contribution in [2.75, 3.05) is 0 Å². The van der Waals surface area contributed by atoms with Crippen LogP contribution in [-0.2, 0) is 4.79 Å².